The molecule has 0 aliphatic heterocycles. The van der Waals surface area contributed by atoms with Crippen LogP contribution in [0.15, 0.2) is 60.3 Å². The molecule has 2 aromatic carbocycles. The van der Waals surface area contributed by atoms with Crippen LogP contribution >= 0.6 is 11.6 Å². The maximum Gasteiger partial charge on any atom is 0.266 e. The minimum absolute atomic E-state index is 0.0188. The normalized spacial score (nSPS) is 11.0. The van der Waals surface area contributed by atoms with Crippen molar-refractivity contribution in [1.29, 1.82) is 5.26 Å². The Kier molecular flexibility index (Phi) is 5.16. The molecule has 0 unspecified atom stereocenters. The van der Waals surface area contributed by atoms with Crippen LogP contribution in [0.5, 0.6) is 0 Å². The van der Waals surface area contributed by atoms with E-state index in [1.54, 1.807) is 30.5 Å². The van der Waals surface area contributed by atoms with Gasteiger partial charge in [-0.3, -0.25) is 9.89 Å². The van der Waals surface area contributed by atoms with Crippen molar-refractivity contribution in [2.45, 2.75) is 6.92 Å². The molecule has 0 aliphatic carbocycles. The zero-order chi connectivity index (χ0) is 18.5. The number of anilines is 1. The van der Waals surface area contributed by atoms with Gasteiger partial charge in [0.2, 0.25) is 0 Å². The van der Waals surface area contributed by atoms with Crippen LogP contribution in [0.2, 0.25) is 5.02 Å². The van der Waals surface area contributed by atoms with Gasteiger partial charge in [-0.25, -0.2) is 0 Å². The number of carbonyl (C=O) groups excluding carboxylic acids is 1. The summed E-state index contributed by atoms with van der Waals surface area (Å²) >= 11 is 5.83. The lowest BCUT2D eigenvalue weighted by atomic mass is 10.0. The average Bonchev–Trinajstić information content (AvgIpc) is 3.10. The van der Waals surface area contributed by atoms with Crippen LogP contribution in [-0.4, -0.2) is 16.1 Å². The molecular weight excluding hydrogens is 348 g/mol. The number of nitrogens with zero attached hydrogens (tertiary/aromatic N) is 2. The molecule has 2 N–H and O–H groups in total. The summed E-state index contributed by atoms with van der Waals surface area (Å²) in [7, 11) is 0. The minimum Gasteiger partial charge on any atom is -0.321 e. The fourth-order valence-electron chi connectivity index (χ4n) is 2.39. The van der Waals surface area contributed by atoms with Crippen molar-refractivity contribution < 1.29 is 4.79 Å². The summed E-state index contributed by atoms with van der Waals surface area (Å²) in [6.45, 7) is 2.01. The Hall–Kier alpha value is -3.36. The Morgan fingerprint density at radius 3 is 2.54 bits per heavy atom. The lowest BCUT2D eigenvalue weighted by Gasteiger charge is -2.05. The van der Waals surface area contributed by atoms with Crippen LogP contribution in [0.1, 0.15) is 11.1 Å². The molecule has 128 valence electrons. The maximum atomic E-state index is 12.4. The van der Waals surface area contributed by atoms with Crippen molar-refractivity contribution >= 4 is 29.3 Å². The number of nitriles is 1. The van der Waals surface area contributed by atoms with Crippen LogP contribution in [0.3, 0.4) is 0 Å². The third kappa shape index (κ3) is 4.00. The first kappa shape index (κ1) is 17.5. The number of aromatic amines is 1. The molecule has 0 fully saturated rings. The van der Waals surface area contributed by atoms with Gasteiger partial charge < -0.3 is 5.32 Å². The van der Waals surface area contributed by atoms with E-state index >= 15 is 0 Å². The van der Waals surface area contributed by atoms with Gasteiger partial charge in [-0.2, -0.15) is 10.4 Å². The standard InChI is InChI=1S/C20H15ClN4O/c1-13-2-4-14(5-3-13)19-16(12-23-25-19)10-15(11-22)20(26)24-18-8-6-17(21)7-9-18/h2-10,12H,1H3,(H,23,25)(H,24,26)/b15-10-. The van der Waals surface area contributed by atoms with Gasteiger partial charge in [0, 0.05) is 21.8 Å². The Bertz CT molecular complexity index is 996. The molecule has 6 heteroatoms. The molecule has 1 amide bonds. The quantitative estimate of drug-likeness (QED) is 0.526. The van der Waals surface area contributed by atoms with Gasteiger partial charge in [0.1, 0.15) is 11.6 Å². The summed E-state index contributed by atoms with van der Waals surface area (Å²) in [6, 6.07) is 16.5. The molecule has 0 aliphatic rings. The molecule has 0 saturated carbocycles. The number of benzene rings is 2. The van der Waals surface area contributed by atoms with Crippen molar-refractivity contribution in [3.05, 3.63) is 76.5 Å². The number of nitrogens with one attached hydrogen (secondary N) is 2. The molecule has 3 aromatic rings. The molecule has 0 spiro atoms. The van der Waals surface area contributed by atoms with Crippen LogP contribution in [0.25, 0.3) is 17.3 Å². The van der Waals surface area contributed by atoms with Crippen LogP contribution < -0.4 is 5.32 Å². The number of aromatic nitrogens is 2. The number of aryl methyl sites for hydroxylation is 1. The first-order chi connectivity index (χ1) is 12.6. The van der Waals surface area contributed by atoms with Gasteiger partial charge >= 0.3 is 0 Å². The Balaban J connectivity index is 1.87. The molecule has 0 bridgehead atoms. The van der Waals surface area contributed by atoms with Crippen LogP contribution in [0, 0.1) is 18.3 Å². The summed E-state index contributed by atoms with van der Waals surface area (Å²) in [5.74, 6) is -0.495. The van der Waals surface area contributed by atoms with Crippen LogP contribution in [-0.2, 0) is 4.79 Å². The summed E-state index contributed by atoms with van der Waals surface area (Å²) in [4.78, 5) is 12.4. The highest BCUT2D eigenvalue weighted by Crippen LogP contribution is 2.24. The number of rotatable bonds is 4. The lowest BCUT2D eigenvalue weighted by molar-refractivity contribution is -0.112. The van der Waals surface area contributed by atoms with Gasteiger partial charge in [-0.15, -0.1) is 0 Å². The molecule has 1 heterocycles. The molecule has 5 nitrogen and oxygen atoms in total. The molecular formula is C20H15ClN4O. The zero-order valence-electron chi connectivity index (χ0n) is 14.0. The fraction of sp³-hybridized carbons (Fsp3) is 0.0500. The second-order valence-corrected chi connectivity index (χ2v) is 6.13. The second kappa shape index (κ2) is 7.68. The summed E-state index contributed by atoms with van der Waals surface area (Å²) in [5.41, 5.74) is 4.02. The van der Waals surface area contributed by atoms with Crippen LogP contribution in [0.4, 0.5) is 5.69 Å². The number of hydrogen-bond acceptors (Lipinski definition) is 3. The molecule has 0 saturated heterocycles. The third-order valence-electron chi connectivity index (χ3n) is 3.78. The monoisotopic (exact) mass is 362 g/mol. The van der Waals surface area contributed by atoms with E-state index in [2.05, 4.69) is 15.5 Å². The summed E-state index contributed by atoms with van der Waals surface area (Å²) < 4.78 is 0. The fourth-order valence-corrected chi connectivity index (χ4v) is 2.52. The Labute approximate surface area is 155 Å². The number of amides is 1. The number of carbonyl (C=O) groups is 1. The predicted octanol–water partition coefficient (Wildman–Crippen LogP) is 4.58. The Morgan fingerprint density at radius 2 is 1.88 bits per heavy atom. The van der Waals surface area contributed by atoms with Crippen molar-refractivity contribution in [2.75, 3.05) is 5.32 Å². The van der Waals surface area contributed by atoms with E-state index in [0.29, 0.717) is 16.3 Å². The highest BCUT2D eigenvalue weighted by atomic mass is 35.5. The summed E-state index contributed by atoms with van der Waals surface area (Å²) in [6.07, 6.45) is 3.10. The number of H-pyrrole nitrogens is 1. The van der Waals surface area contributed by atoms with E-state index in [1.807, 2.05) is 37.3 Å². The topological polar surface area (TPSA) is 81.6 Å². The maximum absolute atomic E-state index is 12.4. The highest BCUT2D eigenvalue weighted by Gasteiger charge is 2.13. The smallest absolute Gasteiger partial charge is 0.266 e. The van der Waals surface area contributed by atoms with Crippen molar-refractivity contribution in [3.63, 3.8) is 0 Å². The minimum atomic E-state index is -0.495. The molecule has 26 heavy (non-hydrogen) atoms. The van der Waals surface area contributed by atoms with Crippen molar-refractivity contribution in [2.24, 2.45) is 0 Å². The molecule has 0 atom stereocenters. The first-order valence-electron chi connectivity index (χ1n) is 7.86. The van der Waals surface area contributed by atoms with E-state index in [9.17, 15) is 10.1 Å². The van der Waals surface area contributed by atoms with E-state index in [0.717, 1.165) is 16.8 Å². The summed E-state index contributed by atoms with van der Waals surface area (Å²) in [5, 5.41) is 19.6. The van der Waals surface area contributed by atoms with E-state index in [-0.39, 0.29) is 5.57 Å². The predicted molar refractivity (Wildman–Crippen MR) is 102 cm³/mol. The van der Waals surface area contributed by atoms with Gasteiger partial charge in [-0.05, 0) is 37.3 Å². The third-order valence-corrected chi connectivity index (χ3v) is 4.03. The average molecular weight is 363 g/mol. The first-order valence-corrected chi connectivity index (χ1v) is 8.24. The van der Waals surface area contributed by atoms with Crippen molar-refractivity contribution in [3.8, 4) is 17.3 Å². The van der Waals surface area contributed by atoms with E-state index < -0.39 is 5.91 Å². The zero-order valence-corrected chi connectivity index (χ0v) is 14.7. The van der Waals surface area contributed by atoms with Gasteiger partial charge in [-0.1, -0.05) is 41.4 Å². The second-order valence-electron chi connectivity index (χ2n) is 5.70. The van der Waals surface area contributed by atoms with Crippen molar-refractivity contribution in [1.82, 2.24) is 10.2 Å². The SMILES string of the molecule is Cc1ccc(-c2[nH]ncc2/C=C(/C#N)C(=O)Nc2ccc(Cl)cc2)cc1. The van der Waals surface area contributed by atoms with Gasteiger partial charge in [0.05, 0.1) is 11.9 Å². The molecule has 1 aromatic heterocycles. The molecule has 3 rings (SSSR count). The number of halogens is 1. The Morgan fingerprint density at radius 1 is 1.19 bits per heavy atom. The highest BCUT2D eigenvalue weighted by molar-refractivity contribution is 6.30. The number of hydrogen-bond donors (Lipinski definition) is 2. The largest absolute Gasteiger partial charge is 0.321 e. The molecule has 0 radical (unpaired) electrons. The van der Waals surface area contributed by atoms with Gasteiger partial charge in [0.25, 0.3) is 5.91 Å². The lowest BCUT2D eigenvalue weighted by Crippen LogP contribution is -2.13. The van der Waals surface area contributed by atoms with Gasteiger partial charge in [0.15, 0.2) is 0 Å². The van der Waals surface area contributed by atoms with E-state index in [1.165, 1.54) is 6.08 Å². The van der Waals surface area contributed by atoms with E-state index in [4.69, 9.17) is 11.6 Å².